The monoisotopic (exact) mass is 374 g/mol. The second-order valence-corrected chi connectivity index (χ2v) is 7.37. The zero-order chi connectivity index (χ0) is 18.5. The number of aromatic nitrogens is 5. The summed E-state index contributed by atoms with van der Waals surface area (Å²) in [5.41, 5.74) is 0.367. The van der Waals surface area contributed by atoms with E-state index in [-0.39, 0.29) is 18.5 Å². The summed E-state index contributed by atoms with van der Waals surface area (Å²) in [6.45, 7) is 4.57. The van der Waals surface area contributed by atoms with E-state index in [9.17, 15) is 9.90 Å². The van der Waals surface area contributed by atoms with E-state index in [2.05, 4.69) is 15.4 Å². The molecule has 1 atom stereocenters. The van der Waals surface area contributed by atoms with Gasteiger partial charge in [-0.25, -0.2) is 9.20 Å². The van der Waals surface area contributed by atoms with Crippen molar-refractivity contribution in [1.29, 1.82) is 0 Å². The first-order valence-corrected chi connectivity index (χ1v) is 8.82. The number of hydrogen-bond acceptors (Lipinski definition) is 5. The molecule has 1 saturated heterocycles. The van der Waals surface area contributed by atoms with E-state index >= 15 is 0 Å². The minimum absolute atomic E-state index is 0.156. The largest absolute Gasteiger partial charge is 0.381 e. The fourth-order valence-electron chi connectivity index (χ4n) is 3.15. The Morgan fingerprint density at radius 3 is 2.92 bits per heavy atom. The summed E-state index contributed by atoms with van der Waals surface area (Å²) in [6, 6.07) is 5.31. The highest BCUT2D eigenvalue weighted by atomic mass is 35.5. The Morgan fingerprint density at radius 1 is 1.38 bits per heavy atom. The molecule has 0 radical (unpaired) electrons. The molecule has 136 valence electrons. The maximum Gasteiger partial charge on any atom is 0.274 e. The Hall–Kier alpha value is -2.45. The number of carbonyl (C=O) groups excluding carboxylic acids is 1. The van der Waals surface area contributed by atoms with E-state index in [0.717, 1.165) is 5.52 Å². The number of halogens is 1. The van der Waals surface area contributed by atoms with Crippen LogP contribution in [0.3, 0.4) is 0 Å². The lowest BCUT2D eigenvalue weighted by Gasteiger charge is -2.20. The number of likely N-dealkylation sites (tertiary alicyclic amines) is 1. The summed E-state index contributed by atoms with van der Waals surface area (Å²) in [5, 5.41) is 24.0. The Morgan fingerprint density at radius 2 is 2.19 bits per heavy atom. The molecule has 1 amide bonds. The topological polar surface area (TPSA) is 88.5 Å². The molecule has 0 bridgehead atoms. The van der Waals surface area contributed by atoms with Crippen LogP contribution < -0.4 is 0 Å². The first-order chi connectivity index (χ1) is 12.4. The van der Waals surface area contributed by atoms with Crippen LogP contribution in [0.1, 0.15) is 42.5 Å². The summed E-state index contributed by atoms with van der Waals surface area (Å²) >= 11 is 5.98. The number of aliphatic hydroxyl groups is 1. The molecule has 26 heavy (non-hydrogen) atoms. The number of carbonyl (C=O) groups is 1. The predicted molar refractivity (Wildman–Crippen MR) is 95.0 cm³/mol. The average Bonchev–Trinajstić information content (AvgIpc) is 3.31. The number of fused-ring (bicyclic) bond motifs is 1. The van der Waals surface area contributed by atoms with E-state index in [4.69, 9.17) is 11.6 Å². The van der Waals surface area contributed by atoms with Crippen molar-refractivity contribution < 1.29 is 9.90 Å². The van der Waals surface area contributed by atoms with Gasteiger partial charge in [-0.15, -0.1) is 5.10 Å². The van der Waals surface area contributed by atoms with Gasteiger partial charge in [-0.3, -0.25) is 4.79 Å². The lowest BCUT2D eigenvalue weighted by atomic mass is 10.00. The third-order valence-corrected chi connectivity index (χ3v) is 4.93. The van der Waals surface area contributed by atoms with Gasteiger partial charge >= 0.3 is 0 Å². The molecule has 1 aliphatic heterocycles. The van der Waals surface area contributed by atoms with Crippen LogP contribution in [0.25, 0.3) is 5.52 Å². The fourth-order valence-corrected chi connectivity index (χ4v) is 3.32. The summed E-state index contributed by atoms with van der Waals surface area (Å²) in [4.78, 5) is 14.4. The van der Waals surface area contributed by atoms with Crippen molar-refractivity contribution in [2.75, 3.05) is 13.1 Å². The minimum Gasteiger partial charge on any atom is -0.381 e. The van der Waals surface area contributed by atoms with Crippen molar-refractivity contribution in [1.82, 2.24) is 29.5 Å². The first kappa shape index (κ1) is 17.0. The normalized spacial score (nSPS) is 20.4. The second kappa shape index (κ2) is 6.07. The van der Waals surface area contributed by atoms with Gasteiger partial charge in [0.1, 0.15) is 11.3 Å². The van der Waals surface area contributed by atoms with Crippen molar-refractivity contribution in [2.24, 2.45) is 0 Å². The quantitative estimate of drug-likeness (QED) is 0.756. The molecular weight excluding hydrogens is 356 g/mol. The number of nitrogens with zero attached hydrogens (tertiary/aromatic N) is 6. The van der Waals surface area contributed by atoms with Crippen LogP contribution in [0.4, 0.5) is 0 Å². The van der Waals surface area contributed by atoms with E-state index in [1.807, 2.05) is 13.8 Å². The zero-order valence-electron chi connectivity index (χ0n) is 14.5. The van der Waals surface area contributed by atoms with Crippen molar-refractivity contribution in [3.05, 3.63) is 47.0 Å². The third-order valence-electron chi connectivity index (χ3n) is 4.70. The van der Waals surface area contributed by atoms with Crippen LogP contribution >= 0.6 is 11.6 Å². The van der Waals surface area contributed by atoms with Crippen LogP contribution in [0, 0.1) is 0 Å². The fraction of sp³-hybridized carbons (Fsp3) is 0.412. The standard InChI is InChI=1S/C17H19ClN6O2/c1-11(2)24-9-15(19-21-24)17(26)4-6-22(10-17)16(25)14-8-13-7-12(18)3-5-23(13)20-14/h3,5,7-9,11,26H,4,6,10H2,1-2H3. The lowest BCUT2D eigenvalue weighted by molar-refractivity contribution is 0.0380. The number of pyridine rings is 1. The molecule has 8 nitrogen and oxygen atoms in total. The molecule has 4 heterocycles. The van der Waals surface area contributed by atoms with Crippen molar-refractivity contribution >= 4 is 23.0 Å². The molecule has 9 heteroatoms. The molecule has 0 saturated carbocycles. The Kier molecular flexibility index (Phi) is 3.96. The van der Waals surface area contributed by atoms with Crippen LogP contribution in [-0.4, -0.2) is 53.6 Å². The Balaban J connectivity index is 1.55. The maximum absolute atomic E-state index is 12.8. The van der Waals surface area contributed by atoms with Gasteiger partial charge in [0, 0.05) is 30.2 Å². The molecule has 4 rings (SSSR count). The number of β-amino-alcohol motifs (C(OH)–C–C–N with tert-alkyl or cyclic N) is 1. The smallest absolute Gasteiger partial charge is 0.274 e. The summed E-state index contributed by atoms with van der Waals surface area (Å²) in [5.74, 6) is -0.225. The Bertz CT molecular complexity index is 981. The van der Waals surface area contributed by atoms with Gasteiger partial charge in [0.15, 0.2) is 5.69 Å². The van der Waals surface area contributed by atoms with Crippen LogP contribution in [-0.2, 0) is 5.60 Å². The SMILES string of the molecule is CC(C)n1cc(C2(O)CCN(C(=O)c3cc4cc(Cl)ccn4n3)C2)nn1. The van der Waals surface area contributed by atoms with E-state index < -0.39 is 5.60 Å². The molecule has 0 aromatic carbocycles. The Labute approximate surface area is 155 Å². The van der Waals surface area contributed by atoms with Crippen LogP contribution in [0.5, 0.6) is 0 Å². The lowest BCUT2D eigenvalue weighted by Crippen LogP contribution is -2.34. The number of amides is 1. The molecule has 3 aromatic rings. The van der Waals surface area contributed by atoms with Gasteiger partial charge in [-0.1, -0.05) is 16.8 Å². The van der Waals surface area contributed by atoms with Gasteiger partial charge in [0.05, 0.1) is 18.3 Å². The van der Waals surface area contributed by atoms with Gasteiger partial charge < -0.3 is 10.0 Å². The molecule has 1 N–H and O–H groups in total. The molecule has 1 unspecified atom stereocenters. The van der Waals surface area contributed by atoms with Crippen LogP contribution in [0.2, 0.25) is 5.02 Å². The molecule has 0 spiro atoms. The first-order valence-electron chi connectivity index (χ1n) is 8.45. The van der Waals surface area contributed by atoms with Crippen molar-refractivity contribution in [3.63, 3.8) is 0 Å². The van der Waals surface area contributed by atoms with Crippen molar-refractivity contribution in [3.8, 4) is 0 Å². The maximum atomic E-state index is 12.8. The highest BCUT2D eigenvalue weighted by Crippen LogP contribution is 2.31. The van der Waals surface area contributed by atoms with Gasteiger partial charge in [-0.2, -0.15) is 5.10 Å². The minimum atomic E-state index is -1.19. The summed E-state index contributed by atoms with van der Waals surface area (Å²) in [6.07, 6.45) is 3.86. The highest BCUT2D eigenvalue weighted by molar-refractivity contribution is 6.30. The summed E-state index contributed by atoms with van der Waals surface area (Å²) in [7, 11) is 0. The third kappa shape index (κ3) is 2.85. The van der Waals surface area contributed by atoms with Gasteiger partial charge in [0.2, 0.25) is 0 Å². The van der Waals surface area contributed by atoms with Gasteiger partial charge in [0.25, 0.3) is 5.91 Å². The molecule has 1 fully saturated rings. The van der Waals surface area contributed by atoms with Gasteiger partial charge in [-0.05, 0) is 32.0 Å². The molecule has 3 aromatic heterocycles. The number of hydrogen-bond donors (Lipinski definition) is 1. The van der Waals surface area contributed by atoms with E-state index in [1.54, 1.807) is 44.7 Å². The zero-order valence-corrected chi connectivity index (χ0v) is 15.3. The van der Waals surface area contributed by atoms with Crippen molar-refractivity contribution in [2.45, 2.75) is 31.9 Å². The highest BCUT2D eigenvalue weighted by Gasteiger charge is 2.42. The second-order valence-electron chi connectivity index (χ2n) is 6.93. The number of rotatable bonds is 3. The average molecular weight is 375 g/mol. The molecule has 1 aliphatic rings. The van der Waals surface area contributed by atoms with E-state index in [1.165, 1.54) is 0 Å². The van der Waals surface area contributed by atoms with E-state index in [0.29, 0.717) is 29.4 Å². The molecular formula is C17H19ClN6O2. The predicted octanol–water partition coefficient (Wildman–Crippen LogP) is 1.89. The van der Waals surface area contributed by atoms with Crippen LogP contribution in [0.15, 0.2) is 30.6 Å². The summed E-state index contributed by atoms with van der Waals surface area (Å²) < 4.78 is 3.30. The molecule has 0 aliphatic carbocycles.